The summed E-state index contributed by atoms with van der Waals surface area (Å²) in [6.07, 6.45) is 36.7. The molecule has 238 valence electrons. The van der Waals surface area contributed by atoms with Crippen molar-refractivity contribution in [3.05, 3.63) is 142 Å². The molecule has 2 heteroatoms. The Morgan fingerprint density at radius 3 is 1.32 bits per heavy atom. The Bertz CT molecular complexity index is 1370. The maximum Gasteiger partial charge on any atom is 0.0585 e. The van der Waals surface area contributed by atoms with E-state index in [2.05, 4.69) is 166 Å². The number of aliphatic hydroxyl groups excluding tert-OH is 2. The molecule has 0 aromatic carbocycles. The minimum atomic E-state index is -0.227. The standard InChI is InChI=1S/C42H58O2/c1-31(20-15-21-33(3)19-13-14-24-39-35(5)27-37(43)29-41(39,7)8)17-11-12-18-32(2)22-16-23-34(4)25-26-40-36(6)28-38(44)30-42(40,9)10/h11-26,37-38,43-44H,27-30H2,1-10H3/b12-11+,19-13+,20-15+,22-16+,24-14+,26-25+,31-17+,32-18+,33-21+,34-23-. The van der Waals surface area contributed by atoms with Gasteiger partial charge in [0.2, 0.25) is 0 Å². The normalized spacial score (nSPS) is 24.6. The number of allylic oxidation sites excluding steroid dienone is 22. The Morgan fingerprint density at radius 2 is 0.886 bits per heavy atom. The van der Waals surface area contributed by atoms with Crippen molar-refractivity contribution in [1.82, 2.24) is 0 Å². The molecule has 2 aliphatic rings. The van der Waals surface area contributed by atoms with Gasteiger partial charge in [-0.2, -0.15) is 0 Å². The maximum absolute atomic E-state index is 10.1. The van der Waals surface area contributed by atoms with Crippen LogP contribution in [0.4, 0.5) is 0 Å². The molecule has 0 fully saturated rings. The topological polar surface area (TPSA) is 40.5 Å². The lowest BCUT2D eigenvalue weighted by molar-refractivity contribution is 0.116. The van der Waals surface area contributed by atoms with Crippen LogP contribution in [0.25, 0.3) is 0 Å². The van der Waals surface area contributed by atoms with Crippen LogP contribution in [0, 0.1) is 10.8 Å². The summed E-state index contributed by atoms with van der Waals surface area (Å²) in [4.78, 5) is 0. The molecule has 0 aromatic heterocycles. The van der Waals surface area contributed by atoms with Gasteiger partial charge in [0, 0.05) is 0 Å². The average Bonchev–Trinajstić information content (AvgIpc) is 2.88. The zero-order chi connectivity index (χ0) is 32.9. The van der Waals surface area contributed by atoms with E-state index in [1.54, 1.807) is 0 Å². The highest BCUT2D eigenvalue weighted by Gasteiger charge is 2.32. The van der Waals surface area contributed by atoms with Crippen LogP contribution in [0.3, 0.4) is 0 Å². The molecule has 2 atom stereocenters. The van der Waals surface area contributed by atoms with E-state index < -0.39 is 0 Å². The third-order valence-corrected chi connectivity index (χ3v) is 8.47. The highest BCUT2D eigenvalue weighted by Crippen LogP contribution is 2.42. The molecule has 0 spiro atoms. The number of hydrogen-bond acceptors (Lipinski definition) is 2. The van der Waals surface area contributed by atoms with Gasteiger partial charge in [-0.3, -0.25) is 0 Å². The van der Waals surface area contributed by atoms with Crippen molar-refractivity contribution < 1.29 is 10.2 Å². The van der Waals surface area contributed by atoms with Gasteiger partial charge in [0.1, 0.15) is 0 Å². The van der Waals surface area contributed by atoms with Crippen molar-refractivity contribution in [1.29, 1.82) is 0 Å². The van der Waals surface area contributed by atoms with Crippen LogP contribution in [0.2, 0.25) is 0 Å². The lowest BCUT2D eigenvalue weighted by Crippen LogP contribution is -2.28. The van der Waals surface area contributed by atoms with Crippen LogP contribution in [0.5, 0.6) is 0 Å². The number of aliphatic hydroxyl groups is 2. The Kier molecular flexibility index (Phi) is 14.6. The molecule has 0 bridgehead atoms. The first kappa shape index (κ1) is 37.0. The smallest absolute Gasteiger partial charge is 0.0585 e. The fraction of sp³-hybridized carbons (Fsp3) is 0.429. The van der Waals surface area contributed by atoms with Crippen molar-refractivity contribution in [2.45, 2.75) is 107 Å². The average molecular weight is 595 g/mol. The molecule has 0 radical (unpaired) electrons. The summed E-state index contributed by atoms with van der Waals surface area (Å²) >= 11 is 0. The quantitative estimate of drug-likeness (QED) is 0.234. The molecule has 0 aromatic rings. The second-order valence-electron chi connectivity index (χ2n) is 14.1. The van der Waals surface area contributed by atoms with E-state index in [0.717, 1.165) is 25.7 Å². The Labute approximate surface area is 269 Å². The highest BCUT2D eigenvalue weighted by atomic mass is 16.3. The van der Waals surface area contributed by atoms with Crippen LogP contribution in [0.1, 0.15) is 94.9 Å². The summed E-state index contributed by atoms with van der Waals surface area (Å²) in [5.41, 5.74) is 10.0. The third-order valence-electron chi connectivity index (χ3n) is 8.47. The first-order valence-electron chi connectivity index (χ1n) is 16.1. The largest absolute Gasteiger partial charge is 0.393 e. The second kappa shape index (κ2) is 17.3. The van der Waals surface area contributed by atoms with E-state index >= 15 is 0 Å². The molecular formula is C42H58O2. The van der Waals surface area contributed by atoms with Crippen LogP contribution in [-0.4, -0.2) is 22.4 Å². The van der Waals surface area contributed by atoms with E-state index in [1.165, 1.54) is 44.6 Å². The molecule has 44 heavy (non-hydrogen) atoms. The van der Waals surface area contributed by atoms with Crippen LogP contribution in [0.15, 0.2) is 142 Å². The molecule has 2 aliphatic carbocycles. The van der Waals surface area contributed by atoms with Gasteiger partial charge in [0.25, 0.3) is 0 Å². The fourth-order valence-electron chi connectivity index (χ4n) is 6.27. The Morgan fingerprint density at radius 1 is 0.523 bits per heavy atom. The van der Waals surface area contributed by atoms with Gasteiger partial charge in [-0.1, -0.05) is 158 Å². The van der Waals surface area contributed by atoms with Gasteiger partial charge in [-0.05, 0) is 89.2 Å². The van der Waals surface area contributed by atoms with Gasteiger partial charge in [0.05, 0.1) is 12.2 Å². The van der Waals surface area contributed by atoms with Crippen molar-refractivity contribution in [2.75, 3.05) is 0 Å². The zero-order valence-corrected chi connectivity index (χ0v) is 29.1. The molecule has 2 nitrogen and oxygen atoms in total. The molecule has 0 heterocycles. The summed E-state index contributed by atoms with van der Waals surface area (Å²) in [6, 6.07) is 0. The minimum absolute atomic E-state index is 0.00441. The van der Waals surface area contributed by atoms with Gasteiger partial charge in [-0.25, -0.2) is 0 Å². The van der Waals surface area contributed by atoms with Gasteiger partial charge >= 0.3 is 0 Å². The highest BCUT2D eigenvalue weighted by molar-refractivity contribution is 5.39. The molecule has 2 N–H and O–H groups in total. The van der Waals surface area contributed by atoms with E-state index in [0.29, 0.717) is 0 Å². The summed E-state index contributed by atoms with van der Waals surface area (Å²) in [6.45, 7) is 21.6. The van der Waals surface area contributed by atoms with Crippen molar-refractivity contribution in [3.63, 3.8) is 0 Å². The predicted octanol–water partition coefficient (Wildman–Crippen LogP) is 11.1. The van der Waals surface area contributed by atoms with Crippen LogP contribution in [-0.2, 0) is 0 Å². The first-order chi connectivity index (χ1) is 20.6. The van der Waals surface area contributed by atoms with E-state index in [1.807, 2.05) is 0 Å². The molecule has 0 saturated carbocycles. The Balaban J connectivity index is 1.87. The SMILES string of the molecule is CC1=C(/C=C/C=C/C(C)=C/C=C/C(C)=C/C=C/C=C(C)/C=C/C=C(C)\C=C\C2=C(C)CC(O)CC2(C)C)C(C)(C)CC(O)C1. The fourth-order valence-corrected chi connectivity index (χ4v) is 6.27. The molecule has 2 unspecified atom stereocenters. The molecule has 0 saturated heterocycles. The summed E-state index contributed by atoms with van der Waals surface area (Å²) in [7, 11) is 0. The van der Waals surface area contributed by atoms with Crippen molar-refractivity contribution >= 4 is 0 Å². The minimum Gasteiger partial charge on any atom is -0.393 e. The second-order valence-corrected chi connectivity index (χ2v) is 14.1. The molecule has 0 aliphatic heterocycles. The van der Waals surface area contributed by atoms with Gasteiger partial charge in [-0.15, -0.1) is 0 Å². The van der Waals surface area contributed by atoms with E-state index in [-0.39, 0.29) is 23.0 Å². The molecule has 2 rings (SSSR count). The summed E-state index contributed by atoms with van der Waals surface area (Å²) < 4.78 is 0. The van der Waals surface area contributed by atoms with E-state index in [9.17, 15) is 10.2 Å². The number of hydrogen-bond donors (Lipinski definition) is 2. The number of rotatable bonds is 11. The predicted molar refractivity (Wildman–Crippen MR) is 193 cm³/mol. The molecular weight excluding hydrogens is 536 g/mol. The van der Waals surface area contributed by atoms with Gasteiger partial charge in [0.15, 0.2) is 0 Å². The third kappa shape index (κ3) is 12.8. The monoisotopic (exact) mass is 594 g/mol. The van der Waals surface area contributed by atoms with Crippen molar-refractivity contribution in [3.8, 4) is 0 Å². The summed E-state index contributed by atoms with van der Waals surface area (Å²) in [5, 5.41) is 20.2. The Hall–Kier alpha value is -3.20. The zero-order valence-electron chi connectivity index (χ0n) is 29.1. The van der Waals surface area contributed by atoms with Crippen LogP contribution < -0.4 is 0 Å². The van der Waals surface area contributed by atoms with E-state index in [4.69, 9.17) is 0 Å². The lowest BCUT2D eigenvalue weighted by atomic mass is 9.71. The summed E-state index contributed by atoms with van der Waals surface area (Å²) in [5.74, 6) is 0. The van der Waals surface area contributed by atoms with Crippen molar-refractivity contribution in [2.24, 2.45) is 10.8 Å². The lowest BCUT2D eigenvalue weighted by Gasteiger charge is -2.35. The first-order valence-corrected chi connectivity index (χ1v) is 16.1. The molecule has 0 amide bonds. The van der Waals surface area contributed by atoms with Crippen LogP contribution >= 0.6 is 0 Å². The maximum atomic E-state index is 10.1. The van der Waals surface area contributed by atoms with Gasteiger partial charge < -0.3 is 10.2 Å².